The van der Waals surface area contributed by atoms with E-state index in [2.05, 4.69) is 30.4 Å². The van der Waals surface area contributed by atoms with E-state index >= 15 is 0 Å². The summed E-state index contributed by atoms with van der Waals surface area (Å²) in [4.78, 5) is 4.81. The molecular weight excluding hydrogens is 284 g/mol. The quantitative estimate of drug-likeness (QED) is 0.793. The van der Waals surface area contributed by atoms with Crippen molar-refractivity contribution in [2.24, 2.45) is 12.5 Å². The van der Waals surface area contributed by atoms with Crippen LogP contribution in [0.5, 0.6) is 0 Å². The number of imidazole rings is 1. The van der Waals surface area contributed by atoms with Gasteiger partial charge < -0.3 is 4.57 Å². The molecule has 1 unspecified atom stereocenters. The highest BCUT2D eigenvalue weighted by Crippen LogP contribution is 2.45. The fraction of sp³-hybridized carbons (Fsp3) is 0.750. The van der Waals surface area contributed by atoms with Crippen LogP contribution in [-0.2, 0) is 19.3 Å². The van der Waals surface area contributed by atoms with Gasteiger partial charge in [0, 0.05) is 13.1 Å². The number of alkyl halides is 1. The first-order valence-corrected chi connectivity index (χ1v) is 8.49. The molecule has 0 bridgehead atoms. The van der Waals surface area contributed by atoms with Gasteiger partial charge in [-0.2, -0.15) is 5.10 Å². The smallest absolute Gasteiger partial charge is 0.158 e. The molecule has 1 saturated carbocycles. The molecule has 1 fully saturated rings. The average Bonchev–Trinajstić information content (AvgIpc) is 3.05. The molecule has 0 aromatic carbocycles. The minimum atomic E-state index is 0.412. The van der Waals surface area contributed by atoms with Crippen molar-refractivity contribution in [1.82, 2.24) is 19.3 Å². The summed E-state index contributed by atoms with van der Waals surface area (Å²) in [5, 5.41) is 4.67. The lowest BCUT2D eigenvalue weighted by Gasteiger charge is -2.19. The van der Waals surface area contributed by atoms with Gasteiger partial charge in [0.05, 0.1) is 11.6 Å². The summed E-state index contributed by atoms with van der Waals surface area (Å²) in [5.74, 6) is 1.47. The zero-order valence-corrected chi connectivity index (χ0v) is 14.2. The summed E-state index contributed by atoms with van der Waals surface area (Å²) < 4.78 is 4.36. The number of fused-ring (bicyclic) bond motifs is 1. The number of nitrogens with zero attached hydrogens (tertiary/aromatic N) is 4. The Hall–Kier alpha value is -1.03. The molecule has 1 aliphatic rings. The van der Waals surface area contributed by atoms with Crippen molar-refractivity contribution in [2.45, 2.75) is 64.8 Å². The molecule has 2 aromatic rings. The van der Waals surface area contributed by atoms with Gasteiger partial charge in [-0.1, -0.05) is 27.2 Å². The predicted molar refractivity (Wildman–Crippen MR) is 86.7 cm³/mol. The summed E-state index contributed by atoms with van der Waals surface area (Å²) in [6.45, 7) is 6.89. The van der Waals surface area contributed by atoms with Crippen LogP contribution in [0.4, 0.5) is 0 Å². The van der Waals surface area contributed by atoms with Crippen LogP contribution >= 0.6 is 11.6 Å². The van der Waals surface area contributed by atoms with Crippen LogP contribution in [-0.4, -0.2) is 19.3 Å². The lowest BCUT2D eigenvalue weighted by molar-refractivity contribution is 0.358. The summed E-state index contributed by atoms with van der Waals surface area (Å²) >= 11 is 6.18. The van der Waals surface area contributed by atoms with Crippen LogP contribution in [0.25, 0.3) is 11.2 Å². The molecule has 1 aliphatic carbocycles. The molecule has 3 rings (SSSR count). The van der Waals surface area contributed by atoms with Gasteiger partial charge in [0.1, 0.15) is 11.3 Å². The molecule has 2 heterocycles. The molecule has 0 N–H and O–H groups in total. The molecule has 1 atom stereocenters. The van der Waals surface area contributed by atoms with Gasteiger partial charge >= 0.3 is 0 Å². The highest BCUT2D eigenvalue weighted by molar-refractivity contribution is 6.16. The third-order valence-corrected chi connectivity index (χ3v) is 4.96. The molecule has 0 saturated heterocycles. The molecule has 5 heteroatoms. The maximum Gasteiger partial charge on any atom is 0.158 e. The molecule has 0 amide bonds. The Morgan fingerprint density at radius 2 is 2.14 bits per heavy atom. The third-order valence-electron chi connectivity index (χ3n) is 4.72. The van der Waals surface area contributed by atoms with E-state index in [4.69, 9.17) is 16.6 Å². The van der Waals surface area contributed by atoms with Gasteiger partial charge in [-0.15, -0.1) is 11.6 Å². The average molecular weight is 309 g/mol. The van der Waals surface area contributed by atoms with Gasteiger partial charge in [0.25, 0.3) is 0 Å². The second kappa shape index (κ2) is 5.31. The number of hydrogen-bond donors (Lipinski definition) is 0. The lowest BCUT2D eigenvalue weighted by atomic mass is 9.92. The van der Waals surface area contributed by atoms with Crippen LogP contribution in [0.3, 0.4) is 0 Å². The topological polar surface area (TPSA) is 35.6 Å². The summed E-state index contributed by atoms with van der Waals surface area (Å²) in [6, 6.07) is 0.503. The van der Waals surface area contributed by atoms with E-state index in [0.717, 1.165) is 35.5 Å². The lowest BCUT2D eigenvalue weighted by Crippen LogP contribution is -2.13. The van der Waals surface area contributed by atoms with Crippen LogP contribution in [0.15, 0.2) is 0 Å². The van der Waals surface area contributed by atoms with E-state index in [0.29, 0.717) is 17.3 Å². The molecule has 0 spiro atoms. The van der Waals surface area contributed by atoms with Gasteiger partial charge in [0.2, 0.25) is 0 Å². The van der Waals surface area contributed by atoms with Crippen LogP contribution in [0, 0.1) is 5.41 Å². The summed E-state index contributed by atoms with van der Waals surface area (Å²) in [7, 11) is 2.03. The highest BCUT2D eigenvalue weighted by atomic mass is 35.5. The van der Waals surface area contributed by atoms with Crippen LogP contribution in [0.1, 0.15) is 64.0 Å². The number of hydrogen-bond acceptors (Lipinski definition) is 2. The zero-order valence-electron chi connectivity index (χ0n) is 13.5. The molecule has 2 aromatic heterocycles. The van der Waals surface area contributed by atoms with Crippen molar-refractivity contribution < 1.29 is 0 Å². The van der Waals surface area contributed by atoms with Gasteiger partial charge in [-0.05, 0) is 31.1 Å². The normalized spacial score (nSPS) is 21.5. The fourth-order valence-electron chi connectivity index (χ4n) is 3.75. The number of aromatic nitrogens is 4. The Morgan fingerprint density at radius 1 is 1.38 bits per heavy atom. The van der Waals surface area contributed by atoms with E-state index in [1.807, 2.05) is 11.7 Å². The van der Waals surface area contributed by atoms with Crippen molar-refractivity contribution in [3.8, 4) is 0 Å². The zero-order chi connectivity index (χ0) is 15.2. The van der Waals surface area contributed by atoms with Crippen molar-refractivity contribution in [2.75, 3.05) is 0 Å². The number of aryl methyl sites for hydroxylation is 2. The summed E-state index contributed by atoms with van der Waals surface area (Å²) in [5.41, 5.74) is 3.73. The molecular formula is C16H25ClN4. The molecule has 0 aliphatic heterocycles. The Kier molecular flexibility index (Phi) is 3.76. The largest absolute Gasteiger partial charge is 0.309 e. The molecule has 0 radical (unpaired) electrons. The number of halogens is 1. The Morgan fingerprint density at radius 3 is 2.71 bits per heavy atom. The van der Waals surface area contributed by atoms with Crippen molar-refractivity contribution in [3.05, 3.63) is 11.5 Å². The minimum Gasteiger partial charge on any atom is -0.309 e. The van der Waals surface area contributed by atoms with Crippen LogP contribution < -0.4 is 0 Å². The Labute approximate surface area is 131 Å². The monoisotopic (exact) mass is 308 g/mol. The molecule has 4 nitrogen and oxygen atoms in total. The SMILES string of the molecule is CCCc1nn(C)c2c1nc(CCl)n2C1CCC(C)(C)C1. The standard InChI is InChI=1S/C16H25ClN4/c1-5-6-12-14-15(20(4)19-12)21(13(10-17)18-14)11-7-8-16(2,3)9-11/h11H,5-10H2,1-4H3. The summed E-state index contributed by atoms with van der Waals surface area (Å²) in [6.07, 6.45) is 5.73. The van der Waals surface area contributed by atoms with Crippen molar-refractivity contribution >= 4 is 22.8 Å². The van der Waals surface area contributed by atoms with E-state index in [9.17, 15) is 0 Å². The fourth-order valence-corrected chi connectivity index (χ4v) is 3.94. The third kappa shape index (κ3) is 2.48. The first kappa shape index (κ1) is 14.9. The van der Waals surface area contributed by atoms with Crippen LogP contribution in [0.2, 0.25) is 0 Å². The maximum atomic E-state index is 6.18. The number of rotatable bonds is 4. The molecule has 116 valence electrons. The first-order chi connectivity index (χ1) is 9.96. The predicted octanol–water partition coefficient (Wildman–Crippen LogP) is 4.21. The second-order valence-electron chi connectivity index (χ2n) is 7.09. The Bertz CT molecular complexity index is 653. The van der Waals surface area contributed by atoms with E-state index in [-0.39, 0.29) is 0 Å². The van der Waals surface area contributed by atoms with Gasteiger partial charge in [0.15, 0.2) is 5.65 Å². The maximum absolute atomic E-state index is 6.18. The van der Waals surface area contributed by atoms with E-state index in [1.165, 1.54) is 19.3 Å². The molecule has 21 heavy (non-hydrogen) atoms. The van der Waals surface area contributed by atoms with E-state index < -0.39 is 0 Å². The highest BCUT2D eigenvalue weighted by Gasteiger charge is 2.34. The van der Waals surface area contributed by atoms with Crippen molar-refractivity contribution in [3.63, 3.8) is 0 Å². The first-order valence-electron chi connectivity index (χ1n) is 7.95. The van der Waals surface area contributed by atoms with Gasteiger partial charge in [-0.3, -0.25) is 4.68 Å². The Balaban J connectivity index is 2.12. The second-order valence-corrected chi connectivity index (χ2v) is 7.35. The minimum absolute atomic E-state index is 0.412. The van der Waals surface area contributed by atoms with Crippen molar-refractivity contribution in [1.29, 1.82) is 0 Å². The van der Waals surface area contributed by atoms with E-state index in [1.54, 1.807) is 0 Å². The van der Waals surface area contributed by atoms with Gasteiger partial charge in [-0.25, -0.2) is 4.98 Å².